The van der Waals surface area contributed by atoms with Crippen molar-refractivity contribution in [1.29, 1.82) is 0 Å². The first-order valence-corrected chi connectivity index (χ1v) is 33.5. The van der Waals surface area contributed by atoms with Crippen molar-refractivity contribution < 1.29 is 66.5 Å². The van der Waals surface area contributed by atoms with Gasteiger partial charge in [0, 0.05) is 46.7 Å². The van der Waals surface area contributed by atoms with E-state index in [0.29, 0.717) is 99.0 Å². The summed E-state index contributed by atoms with van der Waals surface area (Å²) in [4.78, 5) is 60.0. The lowest BCUT2D eigenvalue weighted by Crippen LogP contribution is -2.48. The minimum Gasteiger partial charge on any atom is -0.382 e. The summed E-state index contributed by atoms with van der Waals surface area (Å²) in [6, 6.07) is 14.6. The number of methoxy groups -OCH3 is 1. The summed E-state index contributed by atoms with van der Waals surface area (Å²) >= 11 is 0. The second-order valence-corrected chi connectivity index (χ2v) is 25.3. The van der Waals surface area contributed by atoms with E-state index in [9.17, 15) is 19.2 Å². The van der Waals surface area contributed by atoms with Crippen molar-refractivity contribution in [3.05, 3.63) is 70.8 Å². The molecule has 16 nitrogen and oxygen atoms in total. The SMILES string of the molecule is CCCCCCCCCCCCCCCCCCN1C(=O)c2ccc3c4ccc5c6c(ccc(c7ccc(c2c37)C1=O)c64)C(=O)N(C(C)COC(C)COC(C)COC(C)COC(C)COC(C)COC(C)COC(C)COC(C)COCCOC)C5=O. The first-order valence-electron chi connectivity index (χ1n) is 33.5. The molecule has 2 aliphatic rings. The van der Waals surface area contributed by atoms with Crippen molar-refractivity contribution in [2.45, 2.75) is 227 Å². The van der Waals surface area contributed by atoms with Gasteiger partial charge in [-0.3, -0.25) is 29.0 Å². The molecule has 0 radical (unpaired) electrons. The van der Waals surface area contributed by atoms with Crippen LogP contribution >= 0.6 is 0 Å². The van der Waals surface area contributed by atoms with Crippen LogP contribution in [-0.4, -0.2) is 175 Å². The Morgan fingerprint density at radius 1 is 0.330 bits per heavy atom. The summed E-state index contributed by atoms with van der Waals surface area (Å²) in [6.07, 6.45) is 19.0. The van der Waals surface area contributed by atoms with E-state index in [-0.39, 0.29) is 85.7 Å². The fourth-order valence-corrected chi connectivity index (χ4v) is 12.0. The standard InChI is InChI=1S/C72H106N2O14/c1-12-13-14-15-16-17-18-19-20-21-22-23-24-25-26-27-36-73-69(75)61-32-28-57-59-30-34-63-68-64(35-31-60(66(59)68)58-29-33-62(70(73)76)67(61)65(57)58)72(78)74(71(63)77)48(2)39-81-50(4)41-83-52(6)43-85-54(8)45-87-56(10)47-88-55(9)46-86-53(7)44-84-51(5)42-82-49(3)40-80-38-37-79-11/h28-35,48-56H,12-27,36-47H2,1-11H3. The Hall–Kier alpha value is -4.72. The monoisotopic (exact) mass is 1220 g/mol. The van der Waals surface area contributed by atoms with Crippen molar-refractivity contribution in [2.24, 2.45) is 0 Å². The van der Waals surface area contributed by atoms with Crippen LogP contribution in [0, 0.1) is 0 Å². The van der Waals surface area contributed by atoms with E-state index in [1.165, 1.54) is 93.3 Å². The van der Waals surface area contributed by atoms with Crippen LogP contribution in [0.1, 0.15) is 213 Å². The molecule has 0 N–H and O–H groups in total. The molecule has 2 aliphatic heterocycles. The maximum absolute atomic E-state index is 14.5. The van der Waals surface area contributed by atoms with Gasteiger partial charge in [0.2, 0.25) is 0 Å². The molecule has 5 aromatic rings. The third kappa shape index (κ3) is 19.6. The van der Waals surface area contributed by atoms with Crippen molar-refractivity contribution in [2.75, 3.05) is 86.3 Å². The number of amides is 4. The summed E-state index contributed by atoms with van der Waals surface area (Å²) < 4.78 is 58.6. The van der Waals surface area contributed by atoms with Crippen molar-refractivity contribution in [3.63, 3.8) is 0 Å². The Morgan fingerprint density at radius 2 is 0.614 bits per heavy atom. The van der Waals surface area contributed by atoms with Gasteiger partial charge in [-0.05, 0) is 125 Å². The molecule has 16 heteroatoms. The number of ether oxygens (including phenoxy) is 10. The van der Waals surface area contributed by atoms with Crippen molar-refractivity contribution in [3.8, 4) is 0 Å². The highest BCUT2D eigenvalue weighted by Gasteiger charge is 2.39. The summed E-state index contributed by atoms with van der Waals surface area (Å²) in [7, 11) is 1.65. The number of carbonyl (C=O) groups excluding carboxylic acids is 4. The van der Waals surface area contributed by atoms with Gasteiger partial charge >= 0.3 is 0 Å². The molecule has 488 valence electrons. The second kappa shape index (κ2) is 36.4. The highest BCUT2D eigenvalue weighted by Crippen LogP contribution is 2.46. The first-order chi connectivity index (χ1) is 42.5. The highest BCUT2D eigenvalue weighted by atomic mass is 16.6. The lowest BCUT2D eigenvalue weighted by Gasteiger charge is -2.33. The summed E-state index contributed by atoms with van der Waals surface area (Å²) in [5, 5.41) is 6.43. The van der Waals surface area contributed by atoms with E-state index in [1.54, 1.807) is 7.11 Å². The molecule has 5 aromatic carbocycles. The lowest BCUT2D eigenvalue weighted by molar-refractivity contribution is -0.110. The Bertz CT molecular complexity index is 2850. The number of rotatable bonds is 47. The molecular formula is C72H106N2O14. The molecule has 0 aromatic heterocycles. The zero-order chi connectivity index (χ0) is 63.1. The van der Waals surface area contributed by atoms with Gasteiger partial charge in [0.15, 0.2) is 0 Å². The van der Waals surface area contributed by atoms with E-state index < -0.39 is 6.04 Å². The first kappa shape index (κ1) is 70.7. The van der Waals surface area contributed by atoms with Gasteiger partial charge in [0.1, 0.15) is 0 Å². The van der Waals surface area contributed by atoms with E-state index in [0.717, 1.165) is 51.6 Å². The molecule has 0 fully saturated rings. The molecule has 0 spiro atoms. The molecule has 88 heavy (non-hydrogen) atoms. The molecule has 0 saturated heterocycles. The third-order valence-corrected chi connectivity index (χ3v) is 17.1. The van der Waals surface area contributed by atoms with Crippen LogP contribution in [0.2, 0.25) is 0 Å². The predicted molar refractivity (Wildman–Crippen MR) is 349 cm³/mol. The van der Waals surface area contributed by atoms with Crippen LogP contribution in [0.5, 0.6) is 0 Å². The zero-order valence-corrected chi connectivity index (χ0v) is 55.2. The molecule has 7 rings (SSSR count). The normalized spacial score (nSPS) is 16.8. The van der Waals surface area contributed by atoms with Gasteiger partial charge < -0.3 is 47.4 Å². The molecule has 9 unspecified atom stereocenters. The third-order valence-electron chi connectivity index (χ3n) is 17.1. The number of unbranched alkanes of at least 4 members (excludes halogenated alkanes) is 15. The number of benzene rings is 5. The minimum absolute atomic E-state index is 0.0321. The smallest absolute Gasteiger partial charge is 0.261 e. The van der Waals surface area contributed by atoms with Crippen LogP contribution in [-0.2, 0) is 47.4 Å². The Balaban J connectivity index is 0.806. The fourth-order valence-electron chi connectivity index (χ4n) is 12.0. The number of nitrogens with zero attached hydrogens (tertiary/aromatic N) is 2. The van der Waals surface area contributed by atoms with Gasteiger partial charge in [-0.1, -0.05) is 128 Å². The molecular weight excluding hydrogens is 1120 g/mol. The number of imide groups is 2. The van der Waals surface area contributed by atoms with E-state index in [1.807, 2.05) is 111 Å². The molecule has 0 bridgehead atoms. The van der Waals surface area contributed by atoms with Gasteiger partial charge in [-0.2, -0.15) is 0 Å². The summed E-state index contributed by atoms with van der Waals surface area (Å²) in [5.41, 5.74) is 1.96. The van der Waals surface area contributed by atoms with Crippen LogP contribution in [0.25, 0.3) is 43.1 Å². The molecule has 0 saturated carbocycles. The van der Waals surface area contributed by atoms with Gasteiger partial charge in [0.25, 0.3) is 23.6 Å². The Morgan fingerprint density at radius 3 is 0.932 bits per heavy atom. The highest BCUT2D eigenvalue weighted by molar-refractivity contribution is 6.41. The van der Waals surface area contributed by atoms with Crippen LogP contribution in [0.4, 0.5) is 0 Å². The molecule has 2 heterocycles. The van der Waals surface area contributed by atoms with Crippen LogP contribution < -0.4 is 0 Å². The Labute approximate surface area is 524 Å². The number of hydrogen-bond acceptors (Lipinski definition) is 14. The minimum atomic E-state index is -0.568. The topological polar surface area (TPSA) is 167 Å². The Kier molecular flexibility index (Phi) is 29.2. The van der Waals surface area contributed by atoms with Crippen molar-refractivity contribution in [1.82, 2.24) is 9.80 Å². The zero-order valence-electron chi connectivity index (χ0n) is 55.2. The van der Waals surface area contributed by atoms with Crippen molar-refractivity contribution >= 4 is 66.7 Å². The summed E-state index contributed by atoms with van der Waals surface area (Å²) in [5.74, 6) is -1.26. The van der Waals surface area contributed by atoms with Crippen LogP contribution in [0.3, 0.4) is 0 Å². The largest absolute Gasteiger partial charge is 0.382 e. The number of carbonyl (C=O) groups is 4. The number of hydrogen-bond donors (Lipinski definition) is 0. The average molecular weight is 1220 g/mol. The van der Waals surface area contributed by atoms with E-state index >= 15 is 0 Å². The van der Waals surface area contributed by atoms with E-state index in [2.05, 4.69) is 6.92 Å². The van der Waals surface area contributed by atoms with Crippen LogP contribution in [0.15, 0.2) is 48.5 Å². The maximum Gasteiger partial charge on any atom is 0.261 e. The lowest BCUT2D eigenvalue weighted by atomic mass is 9.82. The quantitative estimate of drug-likeness (QED) is 0.0156. The molecule has 9 atom stereocenters. The average Bonchev–Trinajstić information content (AvgIpc) is 0.698. The second-order valence-electron chi connectivity index (χ2n) is 25.3. The number of fused-ring (bicyclic) bond motifs is 2. The predicted octanol–water partition coefficient (Wildman–Crippen LogP) is 14.5. The molecule has 0 aliphatic carbocycles. The molecule has 4 amide bonds. The summed E-state index contributed by atoms with van der Waals surface area (Å²) in [6.45, 7) is 24.7. The van der Waals surface area contributed by atoms with Gasteiger partial charge in [0.05, 0.1) is 128 Å². The maximum atomic E-state index is 14.5. The van der Waals surface area contributed by atoms with Gasteiger partial charge in [-0.15, -0.1) is 0 Å². The van der Waals surface area contributed by atoms with Gasteiger partial charge in [-0.25, -0.2) is 0 Å². The van der Waals surface area contributed by atoms with E-state index in [4.69, 9.17) is 47.4 Å². The fraction of sp³-hybridized carbons (Fsp3) is 0.667.